The van der Waals surface area contributed by atoms with Crippen LogP contribution in [0.4, 0.5) is 9.59 Å². The molecule has 0 atom stereocenters. The normalized spacial score (nSPS) is 12.6. The molecule has 0 saturated heterocycles. The van der Waals surface area contributed by atoms with E-state index in [4.69, 9.17) is 17.7 Å². The van der Waals surface area contributed by atoms with Crippen LogP contribution in [-0.2, 0) is 27.2 Å². The number of carbonyl (C=O) groups is 2. The standard InChI is InChI=1S/C24H50O8Si4/c1-11-27-23(25)29-17-13-15-19-33(3,4)31-35(7,8)21-22-36(9,10)32-34(5,6)20-16-14-18-30-24(26)28-12-2/h11-12H,1-2,13-22H2,3-10H3. The summed E-state index contributed by atoms with van der Waals surface area (Å²) < 4.78 is 32.7. The topological polar surface area (TPSA) is 89.5 Å². The molecule has 0 aromatic rings. The van der Waals surface area contributed by atoms with Crippen molar-refractivity contribution in [3.8, 4) is 0 Å². The fraction of sp³-hybridized carbons (Fsp3) is 0.750. The van der Waals surface area contributed by atoms with Gasteiger partial charge in [0.15, 0.2) is 33.3 Å². The highest BCUT2D eigenvalue weighted by atomic mass is 28.4. The van der Waals surface area contributed by atoms with Gasteiger partial charge in [0, 0.05) is 0 Å². The van der Waals surface area contributed by atoms with Gasteiger partial charge in [0.05, 0.1) is 25.7 Å². The van der Waals surface area contributed by atoms with Crippen molar-refractivity contribution in [2.75, 3.05) is 13.2 Å². The number of ether oxygens (including phenoxy) is 4. The maximum absolute atomic E-state index is 11.2. The highest BCUT2D eigenvalue weighted by Crippen LogP contribution is 2.30. The van der Waals surface area contributed by atoms with Crippen LogP contribution < -0.4 is 0 Å². The van der Waals surface area contributed by atoms with Crippen molar-refractivity contribution < 1.29 is 36.8 Å². The second-order valence-electron chi connectivity index (χ2n) is 11.4. The lowest BCUT2D eigenvalue weighted by Gasteiger charge is -2.38. The summed E-state index contributed by atoms with van der Waals surface area (Å²) >= 11 is 0. The number of hydrogen-bond donors (Lipinski definition) is 0. The number of hydrogen-bond acceptors (Lipinski definition) is 8. The van der Waals surface area contributed by atoms with Gasteiger partial charge >= 0.3 is 12.3 Å². The third-order valence-corrected chi connectivity index (χ3v) is 20.9. The molecule has 0 amide bonds. The van der Waals surface area contributed by atoms with E-state index in [0.717, 1.165) is 62.4 Å². The number of unbranched alkanes of at least 4 members (excludes halogenated alkanes) is 2. The summed E-state index contributed by atoms with van der Waals surface area (Å²) in [4.78, 5) is 22.4. The van der Waals surface area contributed by atoms with E-state index >= 15 is 0 Å². The van der Waals surface area contributed by atoms with Crippen LogP contribution in [0, 0.1) is 0 Å². The summed E-state index contributed by atoms with van der Waals surface area (Å²) in [6.45, 7) is 25.8. The van der Waals surface area contributed by atoms with E-state index in [-0.39, 0.29) is 0 Å². The minimum absolute atomic E-state index is 0.351. The molecular formula is C24H50O8Si4. The molecule has 0 aromatic heterocycles. The van der Waals surface area contributed by atoms with E-state index in [1.165, 1.54) is 0 Å². The van der Waals surface area contributed by atoms with Gasteiger partial charge in [0.1, 0.15) is 0 Å². The van der Waals surface area contributed by atoms with E-state index in [9.17, 15) is 9.59 Å². The van der Waals surface area contributed by atoms with Crippen molar-refractivity contribution in [1.29, 1.82) is 0 Å². The Morgan fingerprint density at radius 1 is 0.556 bits per heavy atom. The second-order valence-corrected chi connectivity index (χ2v) is 29.1. The molecule has 0 aromatic carbocycles. The fourth-order valence-electron chi connectivity index (χ4n) is 4.12. The Balaban J connectivity index is 4.42. The molecule has 210 valence electrons. The van der Waals surface area contributed by atoms with Crippen LogP contribution >= 0.6 is 0 Å². The van der Waals surface area contributed by atoms with Crippen molar-refractivity contribution in [3.63, 3.8) is 0 Å². The zero-order chi connectivity index (χ0) is 27.9. The highest BCUT2D eigenvalue weighted by Gasteiger charge is 2.37. The minimum Gasteiger partial charge on any atom is -0.456 e. The smallest absolute Gasteiger partial charge is 0.456 e. The Kier molecular flexibility index (Phi) is 16.1. The molecule has 0 spiro atoms. The van der Waals surface area contributed by atoms with Crippen LogP contribution in [0.1, 0.15) is 25.7 Å². The lowest BCUT2D eigenvalue weighted by Crippen LogP contribution is -2.48. The van der Waals surface area contributed by atoms with E-state index in [0.29, 0.717) is 13.2 Å². The molecule has 0 fully saturated rings. The monoisotopic (exact) mass is 578 g/mol. The Hall–Kier alpha value is -1.19. The lowest BCUT2D eigenvalue weighted by molar-refractivity contribution is 0.0827. The average Bonchev–Trinajstić information content (AvgIpc) is 2.71. The van der Waals surface area contributed by atoms with Crippen LogP contribution in [-0.4, -0.2) is 58.8 Å². The van der Waals surface area contributed by atoms with Gasteiger partial charge in [-0.2, -0.15) is 0 Å². The van der Waals surface area contributed by atoms with Crippen molar-refractivity contribution in [3.05, 3.63) is 25.7 Å². The van der Waals surface area contributed by atoms with Crippen LogP contribution in [0.25, 0.3) is 0 Å². The average molecular weight is 579 g/mol. The van der Waals surface area contributed by atoms with Gasteiger partial charge in [-0.05, 0) is 89.4 Å². The molecule has 0 unspecified atom stereocenters. The maximum Gasteiger partial charge on any atom is 0.513 e. The second kappa shape index (κ2) is 16.6. The Morgan fingerprint density at radius 3 is 1.17 bits per heavy atom. The first-order valence-corrected chi connectivity index (χ1v) is 25.3. The minimum atomic E-state index is -1.83. The summed E-state index contributed by atoms with van der Waals surface area (Å²) in [5.41, 5.74) is 0. The molecule has 0 saturated carbocycles. The van der Waals surface area contributed by atoms with Crippen LogP contribution in [0.3, 0.4) is 0 Å². The maximum atomic E-state index is 11.2. The Labute approximate surface area is 223 Å². The molecule has 0 N–H and O–H groups in total. The molecular weight excluding hydrogens is 529 g/mol. The van der Waals surface area contributed by atoms with Gasteiger partial charge in [0.25, 0.3) is 0 Å². The summed E-state index contributed by atoms with van der Waals surface area (Å²) in [5.74, 6) is 0. The molecule has 0 aliphatic heterocycles. The molecule has 0 radical (unpaired) electrons. The quantitative estimate of drug-likeness (QED) is 0.0659. The number of rotatable bonds is 19. The van der Waals surface area contributed by atoms with E-state index in [2.05, 4.69) is 75.0 Å². The van der Waals surface area contributed by atoms with Gasteiger partial charge in [0.2, 0.25) is 0 Å². The van der Waals surface area contributed by atoms with Crippen molar-refractivity contribution in [1.82, 2.24) is 0 Å². The van der Waals surface area contributed by atoms with Gasteiger partial charge in [-0.15, -0.1) is 0 Å². The van der Waals surface area contributed by atoms with Crippen LogP contribution in [0.15, 0.2) is 25.7 Å². The van der Waals surface area contributed by atoms with Crippen molar-refractivity contribution >= 4 is 45.6 Å². The van der Waals surface area contributed by atoms with E-state index in [1.54, 1.807) is 0 Å². The first-order chi connectivity index (χ1) is 16.5. The summed E-state index contributed by atoms with van der Waals surface area (Å²) in [5, 5.41) is 0. The number of carbonyl (C=O) groups excluding carboxylic acids is 2. The van der Waals surface area contributed by atoms with Gasteiger partial charge in [-0.25, -0.2) is 9.59 Å². The van der Waals surface area contributed by atoms with Crippen LogP contribution in [0.5, 0.6) is 0 Å². The molecule has 12 heteroatoms. The largest absolute Gasteiger partial charge is 0.513 e. The van der Waals surface area contributed by atoms with Gasteiger partial charge in [-0.1, -0.05) is 26.0 Å². The summed E-state index contributed by atoms with van der Waals surface area (Å²) in [6.07, 6.45) is 4.27. The molecule has 0 aliphatic rings. The zero-order valence-corrected chi connectivity index (χ0v) is 27.9. The SMILES string of the molecule is C=COC(=O)OCCCC[Si](C)(C)O[Si](C)(C)CC[Si](C)(C)O[Si](C)(C)CCCCOC(=O)OC=C. The highest BCUT2D eigenvalue weighted by molar-refractivity contribution is 6.88. The molecule has 36 heavy (non-hydrogen) atoms. The van der Waals surface area contributed by atoms with Crippen molar-refractivity contribution in [2.45, 2.75) is 102 Å². The van der Waals surface area contributed by atoms with Crippen LogP contribution in [0.2, 0.25) is 76.6 Å². The lowest BCUT2D eigenvalue weighted by atomic mass is 10.4. The van der Waals surface area contributed by atoms with Gasteiger partial charge in [-0.3, -0.25) is 0 Å². The molecule has 8 nitrogen and oxygen atoms in total. The molecule has 0 bridgehead atoms. The molecule has 0 rings (SSSR count). The molecule has 0 heterocycles. The van der Waals surface area contributed by atoms with Gasteiger partial charge < -0.3 is 27.2 Å². The third kappa shape index (κ3) is 19.0. The van der Waals surface area contributed by atoms with Crippen molar-refractivity contribution in [2.24, 2.45) is 0 Å². The first-order valence-electron chi connectivity index (χ1n) is 12.8. The predicted octanol–water partition coefficient (Wildman–Crippen LogP) is 7.99. The van der Waals surface area contributed by atoms with E-state index in [1.807, 2.05) is 0 Å². The van der Waals surface area contributed by atoms with E-state index < -0.39 is 45.6 Å². The predicted molar refractivity (Wildman–Crippen MR) is 155 cm³/mol. The third-order valence-electron chi connectivity index (χ3n) is 5.58. The summed E-state index contributed by atoms with van der Waals surface area (Å²) in [7, 11) is -7.27. The fourth-order valence-corrected chi connectivity index (χ4v) is 24.7. The Morgan fingerprint density at radius 2 is 0.861 bits per heavy atom. The zero-order valence-electron chi connectivity index (χ0n) is 23.9. The molecule has 0 aliphatic carbocycles. The Bertz CT molecular complexity index is 638. The summed E-state index contributed by atoms with van der Waals surface area (Å²) in [6, 6.07) is 4.27. The first kappa shape index (κ1) is 34.8.